The van der Waals surface area contributed by atoms with Gasteiger partial charge in [-0.2, -0.15) is 0 Å². The van der Waals surface area contributed by atoms with Crippen LogP contribution in [0.4, 0.5) is 5.82 Å². The fourth-order valence-electron chi connectivity index (χ4n) is 1.76. The van der Waals surface area contributed by atoms with Crippen molar-refractivity contribution in [1.29, 1.82) is 0 Å². The van der Waals surface area contributed by atoms with Gasteiger partial charge in [0.25, 0.3) is 5.91 Å². The van der Waals surface area contributed by atoms with Crippen LogP contribution in [0.25, 0.3) is 10.9 Å². The SMILES string of the molecule is O=C(Nc1cnc(Cl)cn1)c1ccc2[nH]ccc2c1. The quantitative estimate of drug-likeness (QED) is 0.753. The summed E-state index contributed by atoms with van der Waals surface area (Å²) in [5, 5.41) is 3.93. The zero-order valence-electron chi connectivity index (χ0n) is 9.72. The molecule has 6 heteroatoms. The highest BCUT2D eigenvalue weighted by atomic mass is 35.5. The summed E-state index contributed by atoms with van der Waals surface area (Å²) in [4.78, 5) is 22.9. The fourth-order valence-corrected chi connectivity index (χ4v) is 1.86. The van der Waals surface area contributed by atoms with Crippen LogP contribution in [0.2, 0.25) is 5.15 Å². The minimum Gasteiger partial charge on any atom is -0.361 e. The van der Waals surface area contributed by atoms with Gasteiger partial charge in [0.15, 0.2) is 5.82 Å². The van der Waals surface area contributed by atoms with Gasteiger partial charge in [0.05, 0.1) is 12.4 Å². The minimum absolute atomic E-state index is 0.236. The second-order valence-corrected chi connectivity index (χ2v) is 4.35. The Hall–Kier alpha value is -2.40. The summed E-state index contributed by atoms with van der Waals surface area (Å²) in [6.07, 6.45) is 4.62. The first-order chi connectivity index (χ1) is 9.22. The van der Waals surface area contributed by atoms with Gasteiger partial charge in [-0.25, -0.2) is 9.97 Å². The van der Waals surface area contributed by atoms with E-state index in [9.17, 15) is 4.79 Å². The minimum atomic E-state index is -0.236. The molecule has 94 valence electrons. The van der Waals surface area contributed by atoms with Crippen LogP contribution < -0.4 is 5.32 Å². The summed E-state index contributed by atoms with van der Waals surface area (Å²) in [6.45, 7) is 0. The lowest BCUT2D eigenvalue weighted by Crippen LogP contribution is -2.12. The number of nitrogens with one attached hydrogen (secondary N) is 2. The summed E-state index contributed by atoms with van der Waals surface area (Å²) >= 11 is 5.63. The number of aromatic amines is 1. The molecule has 0 spiro atoms. The van der Waals surface area contributed by atoms with E-state index in [1.54, 1.807) is 6.07 Å². The number of amides is 1. The molecule has 0 aliphatic heterocycles. The first-order valence-electron chi connectivity index (χ1n) is 5.58. The Labute approximate surface area is 113 Å². The van der Waals surface area contributed by atoms with Crippen LogP contribution in [0.3, 0.4) is 0 Å². The maximum absolute atomic E-state index is 12.0. The summed E-state index contributed by atoms with van der Waals surface area (Å²) < 4.78 is 0. The average Bonchev–Trinajstić information content (AvgIpc) is 2.88. The van der Waals surface area contributed by atoms with Gasteiger partial charge in [0.1, 0.15) is 5.15 Å². The third-order valence-electron chi connectivity index (χ3n) is 2.68. The Bertz CT molecular complexity index is 736. The van der Waals surface area contributed by atoms with Crippen molar-refractivity contribution in [3.8, 4) is 0 Å². The predicted molar refractivity (Wildman–Crippen MR) is 73.3 cm³/mol. The Morgan fingerprint density at radius 3 is 2.89 bits per heavy atom. The van der Waals surface area contributed by atoms with Crippen molar-refractivity contribution in [3.05, 3.63) is 53.6 Å². The molecule has 19 heavy (non-hydrogen) atoms. The van der Waals surface area contributed by atoms with Gasteiger partial charge < -0.3 is 10.3 Å². The van der Waals surface area contributed by atoms with E-state index in [0.29, 0.717) is 11.4 Å². The zero-order valence-corrected chi connectivity index (χ0v) is 10.5. The molecule has 0 aliphatic rings. The molecular weight excluding hydrogens is 264 g/mol. The monoisotopic (exact) mass is 272 g/mol. The normalized spacial score (nSPS) is 10.6. The third-order valence-corrected chi connectivity index (χ3v) is 2.87. The number of H-pyrrole nitrogens is 1. The molecule has 0 saturated carbocycles. The van der Waals surface area contributed by atoms with E-state index in [1.807, 2.05) is 24.4 Å². The molecule has 0 atom stereocenters. The molecule has 0 radical (unpaired) electrons. The van der Waals surface area contributed by atoms with E-state index >= 15 is 0 Å². The van der Waals surface area contributed by atoms with Crippen molar-refractivity contribution >= 4 is 34.2 Å². The second kappa shape index (κ2) is 4.70. The van der Waals surface area contributed by atoms with Crippen LogP contribution in [-0.4, -0.2) is 20.9 Å². The maximum Gasteiger partial charge on any atom is 0.256 e. The number of nitrogens with zero attached hydrogens (tertiary/aromatic N) is 2. The fraction of sp³-hybridized carbons (Fsp3) is 0. The van der Waals surface area contributed by atoms with Crippen LogP contribution >= 0.6 is 11.6 Å². The summed E-state index contributed by atoms with van der Waals surface area (Å²) in [5.74, 6) is 0.128. The molecule has 1 aromatic carbocycles. The first-order valence-corrected chi connectivity index (χ1v) is 5.96. The van der Waals surface area contributed by atoms with E-state index in [0.717, 1.165) is 10.9 Å². The van der Waals surface area contributed by atoms with Crippen molar-refractivity contribution in [2.45, 2.75) is 0 Å². The average molecular weight is 273 g/mol. The van der Waals surface area contributed by atoms with Gasteiger partial charge >= 0.3 is 0 Å². The molecule has 3 aromatic rings. The number of anilines is 1. The number of hydrogen-bond donors (Lipinski definition) is 2. The Balaban J connectivity index is 1.84. The van der Waals surface area contributed by atoms with Crippen molar-refractivity contribution < 1.29 is 4.79 Å². The molecule has 0 unspecified atom stereocenters. The molecule has 0 fully saturated rings. The number of rotatable bonds is 2. The number of aromatic nitrogens is 3. The van der Waals surface area contributed by atoms with E-state index < -0.39 is 0 Å². The number of carbonyl (C=O) groups excluding carboxylic acids is 1. The molecule has 2 N–H and O–H groups in total. The third kappa shape index (κ3) is 2.41. The van der Waals surface area contributed by atoms with E-state index in [1.165, 1.54) is 12.4 Å². The lowest BCUT2D eigenvalue weighted by molar-refractivity contribution is 0.102. The first kappa shape index (κ1) is 11.7. The largest absolute Gasteiger partial charge is 0.361 e. The highest BCUT2D eigenvalue weighted by Crippen LogP contribution is 2.15. The van der Waals surface area contributed by atoms with Crippen LogP contribution in [0.15, 0.2) is 42.9 Å². The molecule has 2 heterocycles. The number of halogens is 1. The van der Waals surface area contributed by atoms with Crippen molar-refractivity contribution in [1.82, 2.24) is 15.0 Å². The van der Waals surface area contributed by atoms with E-state index in [-0.39, 0.29) is 11.1 Å². The zero-order chi connectivity index (χ0) is 13.2. The van der Waals surface area contributed by atoms with Gasteiger partial charge in [-0.1, -0.05) is 11.6 Å². The molecule has 5 nitrogen and oxygen atoms in total. The molecule has 0 aliphatic carbocycles. The number of carbonyl (C=O) groups is 1. The molecule has 0 saturated heterocycles. The summed E-state index contributed by atoms with van der Waals surface area (Å²) in [6, 6.07) is 7.33. The maximum atomic E-state index is 12.0. The van der Waals surface area contributed by atoms with E-state index in [2.05, 4.69) is 20.3 Å². The van der Waals surface area contributed by atoms with Crippen LogP contribution in [-0.2, 0) is 0 Å². The smallest absolute Gasteiger partial charge is 0.256 e. The molecule has 3 rings (SSSR count). The number of benzene rings is 1. The lowest BCUT2D eigenvalue weighted by atomic mass is 10.1. The highest BCUT2D eigenvalue weighted by molar-refractivity contribution is 6.29. The highest BCUT2D eigenvalue weighted by Gasteiger charge is 2.08. The van der Waals surface area contributed by atoms with Crippen molar-refractivity contribution in [2.75, 3.05) is 5.32 Å². The van der Waals surface area contributed by atoms with Crippen LogP contribution in [0, 0.1) is 0 Å². The lowest BCUT2D eigenvalue weighted by Gasteiger charge is -2.04. The number of fused-ring (bicyclic) bond motifs is 1. The van der Waals surface area contributed by atoms with Gasteiger partial charge in [-0.05, 0) is 24.3 Å². The predicted octanol–water partition coefficient (Wildman–Crippen LogP) is 2.86. The molecule has 1 amide bonds. The van der Waals surface area contributed by atoms with E-state index in [4.69, 9.17) is 11.6 Å². The van der Waals surface area contributed by atoms with Crippen LogP contribution in [0.5, 0.6) is 0 Å². The van der Waals surface area contributed by atoms with Gasteiger partial charge in [-0.15, -0.1) is 0 Å². The van der Waals surface area contributed by atoms with Gasteiger partial charge in [0.2, 0.25) is 0 Å². The molecule has 0 bridgehead atoms. The number of hydrogen-bond acceptors (Lipinski definition) is 3. The van der Waals surface area contributed by atoms with Gasteiger partial charge in [-0.3, -0.25) is 4.79 Å². The molecular formula is C13H9ClN4O. The van der Waals surface area contributed by atoms with Crippen molar-refractivity contribution in [3.63, 3.8) is 0 Å². The Morgan fingerprint density at radius 2 is 2.11 bits per heavy atom. The standard InChI is InChI=1S/C13H9ClN4O/c14-11-6-17-12(7-16-11)18-13(19)9-1-2-10-8(5-9)3-4-15-10/h1-7,15H,(H,17,18,19). The second-order valence-electron chi connectivity index (χ2n) is 3.96. The topological polar surface area (TPSA) is 70.7 Å². The van der Waals surface area contributed by atoms with Crippen molar-refractivity contribution in [2.24, 2.45) is 0 Å². The van der Waals surface area contributed by atoms with Gasteiger partial charge in [0, 0.05) is 22.7 Å². The summed E-state index contributed by atoms with van der Waals surface area (Å²) in [5.41, 5.74) is 1.55. The van der Waals surface area contributed by atoms with Crippen LogP contribution in [0.1, 0.15) is 10.4 Å². The molecule has 2 aromatic heterocycles. The Morgan fingerprint density at radius 1 is 1.21 bits per heavy atom. The Kier molecular flexibility index (Phi) is 2.89. The summed E-state index contributed by atoms with van der Waals surface area (Å²) in [7, 11) is 0.